The Labute approximate surface area is 176 Å². The average molecular weight is 409 g/mol. The average Bonchev–Trinajstić information content (AvgIpc) is 2.76. The van der Waals surface area contributed by atoms with Crippen LogP contribution < -0.4 is 10.1 Å². The number of β-lactam (4-membered cyclic amide) rings is 1. The molecule has 0 aromatic heterocycles. The molecule has 1 aliphatic rings. The molecule has 2 aromatic rings. The molecule has 1 atom stereocenters. The second-order valence-electron chi connectivity index (χ2n) is 7.89. The summed E-state index contributed by atoms with van der Waals surface area (Å²) < 4.78 is 5.11. The molecule has 30 heavy (non-hydrogen) atoms. The molecule has 158 valence electrons. The van der Waals surface area contributed by atoms with E-state index in [1.165, 1.54) is 6.34 Å². The van der Waals surface area contributed by atoms with Crippen molar-refractivity contribution in [2.24, 2.45) is 10.6 Å². The SMILES string of the molecule is COc1ccc(CO/N=C\NC(=O)[C@H](Cc2ccccc2)N2CC(C)(C)C2=O)cc1. The number of carbonyl (C=O) groups is 2. The standard InChI is InChI=1S/C23H27N3O4/c1-23(2)15-26(22(23)28)20(13-17-7-5-4-6-8-17)21(27)24-16-25-30-14-18-9-11-19(29-3)12-10-18/h4-12,16,20H,13-15H2,1-3H3,(H,24,25,27)/t20-/m0/s1. The maximum atomic E-state index is 12.8. The molecule has 2 amide bonds. The van der Waals surface area contributed by atoms with Gasteiger partial charge in [-0.15, -0.1) is 0 Å². The van der Waals surface area contributed by atoms with Gasteiger partial charge in [-0.3, -0.25) is 9.59 Å². The van der Waals surface area contributed by atoms with Crippen molar-refractivity contribution in [3.05, 3.63) is 65.7 Å². The highest BCUT2D eigenvalue weighted by Gasteiger charge is 2.48. The highest BCUT2D eigenvalue weighted by molar-refractivity contribution is 5.97. The molecular formula is C23H27N3O4. The van der Waals surface area contributed by atoms with Crippen molar-refractivity contribution >= 4 is 18.2 Å². The summed E-state index contributed by atoms with van der Waals surface area (Å²) in [4.78, 5) is 32.1. The van der Waals surface area contributed by atoms with Crippen LogP contribution >= 0.6 is 0 Å². The van der Waals surface area contributed by atoms with Crippen LogP contribution in [-0.4, -0.2) is 42.7 Å². The van der Waals surface area contributed by atoms with E-state index in [4.69, 9.17) is 9.57 Å². The molecule has 2 aromatic carbocycles. The normalized spacial score (nSPS) is 16.1. The lowest BCUT2D eigenvalue weighted by Crippen LogP contribution is -2.65. The monoisotopic (exact) mass is 409 g/mol. The number of methoxy groups -OCH3 is 1. The third-order valence-electron chi connectivity index (χ3n) is 5.08. The Morgan fingerprint density at radius 3 is 2.47 bits per heavy atom. The van der Waals surface area contributed by atoms with Crippen molar-refractivity contribution in [3.63, 3.8) is 0 Å². The molecule has 1 heterocycles. The van der Waals surface area contributed by atoms with E-state index in [-0.39, 0.29) is 18.4 Å². The largest absolute Gasteiger partial charge is 0.497 e. The van der Waals surface area contributed by atoms with Crippen LogP contribution in [0.2, 0.25) is 0 Å². The minimum absolute atomic E-state index is 0.0220. The second-order valence-corrected chi connectivity index (χ2v) is 7.89. The molecule has 1 fully saturated rings. The maximum Gasteiger partial charge on any atom is 0.248 e. The third kappa shape index (κ3) is 5.17. The van der Waals surface area contributed by atoms with E-state index in [9.17, 15) is 9.59 Å². The van der Waals surface area contributed by atoms with Gasteiger partial charge in [0.1, 0.15) is 24.7 Å². The Morgan fingerprint density at radius 2 is 1.87 bits per heavy atom. The van der Waals surface area contributed by atoms with Crippen molar-refractivity contribution in [2.75, 3.05) is 13.7 Å². The zero-order valence-electron chi connectivity index (χ0n) is 17.5. The highest BCUT2D eigenvalue weighted by atomic mass is 16.6. The van der Waals surface area contributed by atoms with E-state index in [0.717, 1.165) is 16.9 Å². The molecule has 0 unspecified atom stereocenters. The first-order valence-corrected chi connectivity index (χ1v) is 9.83. The van der Waals surface area contributed by atoms with E-state index < -0.39 is 11.5 Å². The molecule has 7 nitrogen and oxygen atoms in total. The summed E-state index contributed by atoms with van der Waals surface area (Å²) in [5.41, 5.74) is 1.49. The first-order chi connectivity index (χ1) is 14.4. The molecule has 1 N–H and O–H groups in total. The molecule has 0 bridgehead atoms. The summed E-state index contributed by atoms with van der Waals surface area (Å²) in [6.07, 6.45) is 1.66. The van der Waals surface area contributed by atoms with Crippen LogP contribution in [0, 0.1) is 5.41 Å². The number of oxime groups is 1. The van der Waals surface area contributed by atoms with Crippen LogP contribution in [0.4, 0.5) is 0 Å². The summed E-state index contributed by atoms with van der Waals surface area (Å²) >= 11 is 0. The van der Waals surface area contributed by atoms with Crippen LogP contribution in [0.15, 0.2) is 59.8 Å². The Morgan fingerprint density at radius 1 is 1.17 bits per heavy atom. The van der Waals surface area contributed by atoms with Gasteiger partial charge in [0.05, 0.1) is 12.5 Å². The zero-order valence-corrected chi connectivity index (χ0v) is 17.5. The van der Waals surface area contributed by atoms with Gasteiger partial charge in [0, 0.05) is 13.0 Å². The topological polar surface area (TPSA) is 80.2 Å². The van der Waals surface area contributed by atoms with Gasteiger partial charge in [-0.25, -0.2) is 0 Å². The quantitative estimate of drug-likeness (QED) is 0.299. The number of nitrogens with one attached hydrogen (secondary N) is 1. The number of carbonyl (C=O) groups excluding carboxylic acids is 2. The number of benzene rings is 2. The smallest absolute Gasteiger partial charge is 0.248 e. The lowest BCUT2D eigenvalue weighted by atomic mass is 9.81. The van der Waals surface area contributed by atoms with Gasteiger partial charge in [0.25, 0.3) is 0 Å². The fraction of sp³-hybridized carbons (Fsp3) is 0.348. The van der Waals surface area contributed by atoms with Gasteiger partial charge in [-0.1, -0.05) is 47.6 Å². The minimum Gasteiger partial charge on any atom is -0.497 e. The number of likely N-dealkylation sites (tertiary alicyclic amines) is 1. The van der Waals surface area contributed by atoms with Crippen molar-refractivity contribution in [3.8, 4) is 5.75 Å². The van der Waals surface area contributed by atoms with Crippen LogP contribution in [0.5, 0.6) is 5.75 Å². The summed E-state index contributed by atoms with van der Waals surface area (Å²) in [5.74, 6) is 0.452. The Kier molecular flexibility index (Phi) is 6.72. The fourth-order valence-electron chi connectivity index (χ4n) is 3.35. The highest BCUT2D eigenvalue weighted by Crippen LogP contribution is 2.33. The van der Waals surface area contributed by atoms with E-state index in [1.54, 1.807) is 12.0 Å². The molecule has 3 rings (SSSR count). The lowest BCUT2D eigenvalue weighted by molar-refractivity contribution is -0.163. The first-order valence-electron chi connectivity index (χ1n) is 9.83. The third-order valence-corrected chi connectivity index (χ3v) is 5.08. The predicted octanol–water partition coefficient (Wildman–Crippen LogP) is 2.75. The number of rotatable bonds is 9. The van der Waals surface area contributed by atoms with Crippen LogP contribution in [-0.2, 0) is 27.5 Å². The molecule has 1 saturated heterocycles. The summed E-state index contributed by atoms with van der Waals surface area (Å²) in [5, 5.41) is 6.43. The number of hydrogen-bond donors (Lipinski definition) is 1. The van der Waals surface area contributed by atoms with Gasteiger partial charge >= 0.3 is 0 Å². The Hall–Kier alpha value is -3.35. The second kappa shape index (κ2) is 9.43. The van der Waals surface area contributed by atoms with Crippen molar-refractivity contribution < 1.29 is 19.2 Å². The first kappa shape index (κ1) is 21.4. The van der Waals surface area contributed by atoms with Crippen molar-refractivity contribution in [1.29, 1.82) is 0 Å². The minimum atomic E-state index is -0.596. The van der Waals surface area contributed by atoms with Crippen LogP contribution in [0.25, 0.3) is 0 Å². The number of amides is 2. The van der Waals surface area contributed by atoms with Crippen LogP contribution in [0.3, 0.4) is 0 Å². The van der Waals surface area contributed by atoms with Crippen molar-refractivity contribution in [1.82, 2.24) is 10.2 Å². The van der Waals surface area contributed by atoms with E-state index in [0.29, 0.717) is 13.0 Å². The van der Waals surface area contributed by atoms with E-state index in [2.05, 4.69) is 10.5 Å². The van der Waals surface area contributed by atoms with Crippen molar-refractivity contribution in [2.45, 2.75) is 32.9 Å². The Balaban J connectivity index is 1.56. The molecule has 0 aliphatic carbocycles. The van der Waals surface area contributed by atoms with E-state index in [1.807, 2.05) is 68.4 Å². The van der Waals surface area contributed by atoms with Gasteiger partial charge < -0.3 is 19.8 Å². The van der Waals surface area contributed by atoms with Gasteiger partial charge in [-0.05, 0) is 37.1 Å². The number of hydrogen-bond acceptors (Lipinski definition) is 5. The number of ether oxygens (including phenoxy) is 1. The predicted molar refractivity (Wildman–Crippen MR) is 114 cm³/mol. The molecule has 0 saturated carbocycles. The molecule has 0 radical (unpaired) electrons. The molecule has 0 spiro atoms. The summed E-state index contributed by atoms with van der Waals surface area (Å²) in [6.45, 7) is 4.58. The Bertz CT molecular complexity index is 894. The lowest BCUT2D eigenvalue weighted by Gasteiger charge is -2.48. The van der Waals surface area contributed by atoms with Gasteiger partial charge in [0.15, 0.2) is 0 Å². The summed E-state index contributed by atoms with van der Waals surface area (Å²) in [6, 6.07) is 16.5. The van der Waals surface area contributed by atoms with Gasteiger partial charge in [0.2, 0.25) is 11.8 Å². The molecule has 7 heteroatoms. The van der Waals surface area contributed by atoms with E-state index >= 15 is 0 Å². The fourth-order valence-corrected chi connectivity index (χ4v) is 3.35. The number of nitrogens with zero attached hydrogens (tertiary/aromatic N) is 2. The zero-order chi connectivity index (χ0) is 21.6. The van der Waals surface area contributed by atoms with Gasteiger partial charge in [-0.2, -0.15) is 0 Å². The molecular weight excluding hydrogens is 382 g/mol. The molecule has 1 aliphatic heterocycles. The maximum absolute atomic E-state index is 12.8. The van der Waals surface area contributed by atoms with Crippen LogP contribution in [0.1, 0.15) is 25.0 Å². The summed E-state index contributed by atoms with van der Waals surface area (Å²) in [7, 11) is 1.61.